The highest BCUT2D eigenvalue weighted by atomic mass is 35.5. The molecule has 3 rings (SSSR count). The molecule has 0 saturated heterocycles. The second kappa shape index (κ2) is 3.77. The molecule has 1 saturated carbocycles. The number of thiazole rings is 1. The molecular weight excluding hydrogens is 230 g/mol. The lowest BCUT2D eigenvalue weighted by Crippen LogP contribution is -2.17. The minimum absolute atomic E-state index is 0.630. The van der Waals surface area contributed by atoms with Crippen molar-refractivity contribution in [1.82, 2.24) is 14.7 Å². The summed E-state index contributed by atoms with van der Waals surface area (Å²) in [5, 5.41) is 6.09. The first kappa shape index (κ1) is 9.63. The molecule has 3 nitrogen and oxygen atoms in total. The van der Waals surface area contributed by atoms with Gasteiger partial charge in [-0.1, -0.05) is 11.6 Å². The van der Waals surface area contributed by atoms with Gasteiger partial charge in [-0.05, 0) is 25.3 Å². The van der Waals surface area contributed by atoms with Crippen LogP contribution < -0.4 is 5.32 Å². The summed E-state index contributed by atoms with van der Waals surface area (Å²) in [6, 6.07) is 0. The quantitative estimate of drug-likeness (QED) is 0.892. The first-order valence-corrected chi connectivity index (χ1v) is 6.41. The Morgan fingerprint density at radius 2 is 2.47 bits per heavy atom. The van der Waals surface area contributed by atoms with Gasteiger partial charge in [0.15, 0.2) is 10.1 Å². The Balaban J connectivity index is 1.75. The molecule has 0 unspecified atom stereocenters. The number of rotatable bonds is 4. The summed E-state index contributed by atoms with van der Waals surface area (Å²) >= 11 is 7.69. The van der Waals surface area contributed by atoms with Crippen LogP contribution in [0.15, 0.2) is 11.6 Å². The molecule has 0 amide bonds. The number of imidazole rings is 1. The SMILES string of the molecule is Clc1nc2sccn2c1CNCC1CC1. The molecule has 5 heteroatoms. The van der Waals surface area contributed by atoms with E-state index in [-0.39, 0.29) is 0 Å². The van der Waals surface area contributed by atoms with E-state index in [1.54, 1.807) is 11.3 Å². The minimum Gasteiger partial charge on any atom is -0.311 e. The zero-order chi connectivity index (χ0) is 10.3. The highest BCUT2D eigenvalue weighted by molar-refractivity contribution is 7.15. The van der Waals surface area contributed by atoms with Crippen LogP contribution in [0.3, 0.4) is 0 Å². The summed E-state index contributed by atoms with van der Waals surface area (Å²) in [5.41, 5.74) is 1.08. The van der Waals surface area contributed by atoms with E-state index in [4.69, 9.17) is 11.6 Å². The van der Waals surface area contributed by atoms with Gasteiger partial charge in [-0.2, -0.15) is 0 Å². The summed E-state index contributed by atoms with van der Waals surface area (Å²) in [4.78, 5) is 5.27. The second-order valence-corrected chi connectivity index (χ2v) is 5.21. The molecule has 2 aromatic rings. The van der Waals surface area contributed by atoms with Crippen LogP contribution in [0.4, 0.5) is 0 Å². The zero-order valence-corrected chi connectivity index (χ0v) is 9.81. The van der Waals surface area contributed by atoms with Crippen molar-refractivity contribution < 1.29 is 0 Å². The van der Waals surface area contributed by atoms with E-state index in [2.05, 4.69) is 14.7 Å². The van der Waals surface area contributed by atoms with Crippen LogP contribution in [0.5, 0.6) is 0 Å². The van der Waals surface area contributed by atoms with Gasteiger partial charge < -0.3 is 5.32 Å². The average Bonchev–Trinajstić information content (AvgIpc) is 2.85. The van der Waals surface area contributed by atoms with E-state index in [0.29, 0.717) is 5.15 Å². The molecule has 2 aromatic heterocycles. The minimum atomic E-state index is 0.630. The van der Waals surface area contributed by atoms with Gasteiger partial charge in [0.2, 0.25) is 0 Å². The van der Waals surface area contributed by atoms with Crippen LogP contribution in [-0.2, 0) is 6.54 Å². The van der Waals surface area contributed by atoms with Gasteiger partial charge >= 0.3 is 0 Å². The van der Waals surface area contributed by atoms with Gasteiger partial charge in [0.25, 0.3) is 0 Å². The van der Waals surface area contributed by atoms with E-state index < -0.39 is 0 Å². The molecule has 80 valence electrons. The molecule has 0 aliphatic heterocycles. The van der Waals surface area contributed by atoms with Crippen LogP contribution in [0.25, 0.3) is 4.96 Å². The topological polar surface area (TPSA) is 29.3 Å². The monoisotopic (exact) mass is 241 g/mol. The molecule has 0 spiro atoms. The number of nitrogens with zero attached hydrogens (tertiary/aromatic N) is 2. The molecule has 1 aliphatic carbocycles. The van der Waals surface area contributed by atoms with E-state index in [0.717, 1.165) is 29.7 Å². The third-order valence-electron chi connectivity index (χ3n) is 2.73. The Hall–Kier alpha value is -0.580. The smallest absolute Gasteiger partial charge is 0.195 e. The van der Waals surface area contributed by atoms with E-state index in [1.165, 1.54) is 12.8 Å². The van der Waals surface area contributed by atoms with Gasteiger partial charge in [-0.3, -0.25) is 4.40 Å². The Kier molecular flexibility index (Phi) is 2.42. The standard InChI is InChI=1S/C10H12ClN3S/c11-9-8(6-12-5-7-1-2-7)14-3-4-15-10(14)13-9/h3-4,7,12H,1-2,5-6H2. The molecule has 1 fully saturated rings. The zero-order valence-electron chi connectivity index (χ0n) is 8.24. The Morgan fingerprint density at radius 1 is 1.60 bits per heavy atom. The molecule has 1 N–H and O–H groups in total. The maximum Gasteiger partial charge on any atom is 0.195 e. The van der Waals surface area contributed by atoms with Crippen LogP contribution in [0, 0.1) is 5.92 Å². The van der Waals surface area contributed by atoms with Crippen molar-refractivity contribution in [3.63, 3.8) is 0 Å². The van der Waals surface area contributed by atoms with Crippen molar-refractivity contribution in [2.45, 2.75) is 19.4 Å². The van der Waals surface area contributed by atoms with Crippen LogP contribution in [-0.4, -0.2) is 15.9 Å². The maximum atomic E-state index is 6.07. The van der Waals surface area contributed by atoms with Gasteiger partial charge in [0, 0.05) is 18.1 Å². The predicted octanol–water partition coefficient (Wildman–Crippen LogP) is 2.55. The first-order valence-electron chi connectivity index (χ1n) is 5.15. The molecule has 0 bridgehead atoms. The van der Waals surface area contributed by atoms with Gasteiger partial charge in [-0.15, -0.1) is 11.3 Å². The summed E-state index contributed by atoms with van der Waals surface area (Å²) in [6.45, 7) is 1.92. The number of fused-ring (bicyclic) bond motifs is 1. The normalized spacial score (nSPS) is 16.3. The van der Waals surface area contributed by atoms with Crippen molar-refractivity contribution in [1.29, 1.82) is 0 Å². The Morgan fingerprint density at radius 3 is 3.27 bits per heavy atom. The highest BCUT2D eigenvalue weighted by Gasteiger charge is 2.20. The van der Waals surface area contributed by atoms with Gasteiger partial charge in [0.1, 0.15) is 0 Å². The van der Waals surface area contributed by atoms with Crippen LogP contribution in [0.1, 0.15) is 18.5 Å². The maximum absolute atomic E-state index is 6.07. The molecule has 1 aliphatic rings. The second-order valence-electron chi connectivity index (χ2n) is 3.98. The van der Waals surface area contributed by atoms with Crippen molar-refractivity contribution in [2.75, 3.05) is 6.54 Å². The summed E-state index contributed by atoms with van der Waals surface area (Å²) in [7, 11) is 0. The molecule has 0 radical (unpaired) electrons. The summed E-state index contributed by atoms with van der Waals surface area (Å²) < 4.78 is 2.06. The Bertz CT molecular complexity index is 472. The van der Waals surface area contributed by atoms with Crippen molar-refractivity contribution in [2.24, 2.45) is 5.92 Å². The number of hydrogen-bond donors (Lipinski definition) is 1. The van der Waals surface area contributed by atoms with Gasteiger partial charge in [0.05, 0.1) is 5.69 Å². The third kappa shape index (κ3) is 1.89. The van der Waals surface area contributed by atoms with Gasteiger partial charge in [-0.25, -0.2) is 4.98 Å². The number of aromatic nitrogens is 2. The summed E-state index contributed by atoms with van der Waals surface area (Å²) in [6.07, 6.45) is 4.77. The summed E-state index contributed by atoms with van der Waals surface area (Å²) in [5.74, 6) is 0.898. The van der Waals surface area contributed by atoms with Crippen molar-refractivity contribution in [3.05, 3.63) is 22.4 Å². The average molecular weight is 242 g/mol. The largest absolute Gasteiger partial charge is 0.311 e. The fourth-order valence-corrected chi connectivity index (χ4v) is 2.70. The molecular formula is C10H12ClN3S. The number of hydrogen-bond acceptors (Lipinski definition) is 3. The number of nitrogens with one attached hydrogen (secondary N) is 1. The lowest BCUT2D eigenvalue weighted by atomic mass is 10.4. The van der Waals surface area contributed by atoms with E-state index >= 15 is 0 Å². The lowest BCUT2D eigenvalue weighted by Gasteiger charge is -2.02. The number of halogens is 1. The third-order valence-corrected chi connectivity index (χ3v) is 3.79. The fraction of sp³-hybridized carbons (Fsp3) is 0.500. The highest BCUT2D eigenvalue weighted by Crippen LogP contribution is 2.28. The fourth-order valence-electron chi connectivity index (χ4n) is 1.68. The molecule has 15 heavy (non-hydrogen) atoms. The Labute approximate surface area is 97.1 Å². The van der Waals surface area contributed by atoms with Crippen molar-refractivity contribution >= 4 is 27.9 Å². The molecule has 0 aromatic carbocycles. The van der Waals surface area contributed by atoms with Crippen LogP contribution in [0.2, 0.25) is 5.15 Å². The van der Waals surface area contributed by atoms with Crippen LogP contribution >= 0.6 is 22.9 Å². The molecule has 0 atom stereocenters. The van der Waals surface area contributed by atoms with E-state index in [1.807, 2.05) is 11.6 Å². The van der Waals surface area contributed by atoms with Crippen molar-refractivity contribution in [3.8, 4) is 0 Å². The molecule has 2 heterocycles. The van der Waals surface area contributed by atoms with E-state index in [9.17, 15) is 0 Å². The predicted molar refractivity (Wildman–Crippen MR) is 62.5 cm³/mol. The lowest BCUT2D eigenvalue weighted by molar-refractivity contribution is 0.628. The first-order chi connectivity index (χ1) is 7.34.